The highest BCUT2D eigenvalue weighted by molar-refractivity contribution is 9.06. The average molecular weight is 383 g/mol. The number of rotatable bonds is 5. The number of carbonyl (C=O) groups excluding carboxylic acids is 1. The van der Waals surface area contributed by atoms with Crippen LogP contribution >= 0.6 is 16.3 Å². The number of carbonyl (C=O) groups is 1. The zero-order chi connectivity index (χ0) is 16.0. The van der Waals surface area contributed by atoms with Gasteiger partial charge in [-0.05, 0) is 12.6 Å². The Kier molecular flexibility index (Phi) is 4.17. The number of esters is 1. The molecule has 124 valence electrons. The predicted octanol–water partition coefficient (Wildman–Crippen LogP) is 2.36. The minimum absolute atomic E-state index is 0. The van der Waals surface area contributed by atoms with Crippen LogP contribution in [0.15, 0.2) is 30.3 Å². The first-order valence-corrected chi connectivity index (χ1v) is 8.70. The van der Waals surface area contributed by atoms with E-state index in [1.807, 2.05) is 30.3 Å². The van der Waals surface area contributed by atoms with Crippen molar-refractivity contribution in [3.63, 3.8) is 0 Å². The molecule has 0 aromatic heterocycles. The van der Waals surface area contributed by atoms with Crippen LogP contribution in [0.4, 0.5) is 0 Å². The number of halogens is 1. The summed E-state index contributed by atoms with van der Waals surface area (Å²) < 4.78 is 16.6. The highest BCUT2D eigenvalue weighted by Gasteiger charge is 2.62. The molecule has 5 nitrogen and oxygen atoms in total. The molecule has 3 heterocycles. The van der Waals surface area contributed by atoms with Gasteiger partial charge in [-0.3, -0.25) is 9.69 Å². The molecule has 0 radical (unpaired) electrons. The van der Waals surface area contributed by atoms with Crippen LogP contribution in [-0.2, 0) is 18.1 Å². The number of hydrogen-bond donors (Lipinski definition) is 0. The van der Waals surface area contributed by atoms with Crippen molar-refractivity contribution in [2.75, 3.05) is 13.7 Å². The Morgan fingerprint density at radius 1 is 1.35 bits per heavy atom. The number of benzene rings is 1. The van der Waals surface area contributed by atoms with E-state index in [1.165, 1.54) is 0 Å². The lowest BCUT2D eigenvalue weighted by atomic mass is 9.97. The monoisotopic (exact) mass is 382 g/mol. The maximum Gasteiger partial charge on any atom is 1.00 e. The van der Waals surface area contributed by atoms with E-state index < -0.39 is 5.92 Å². The third-order valence-electron chi connectivity index (χ3n) is 5.37. The van der Waals surface area contributed by atoms with Gasteiger partial charge in [-0.2, -0.15) is 0 Å². The molecule has 3 saturated heterocycles. The fourth-order valence-electron chi connectivity index (χ4n) is 4.09. The molecule has 0 unspecified atom stereocenters. The van der Waals surface area contributed by atoms with Gasteiger partial charge in [0, 0.05) is 24.9 Å². The average Bonchev–Trinajstić information content (AvgIpc) is 3.31. The lowest BCUT2D eigenvalue weighted by molar-refractivity contribution is -0.156. The molecule has 6 heteroatoms. The smallest absolute Gasteiger partial charge is 0.462 e. The summed E-state index contributed by atoms with van der Waals surface area (Å²) >= 11 is 2.96. The number of morpholine rings is 1. The molecule has 1 aromatic carbocycles. The molecule has 0 saturated carbocycles. The van der Waals surface area contributed by atoms with Crippen LogP contribution in [0.1, 0.15) is 25.7 Å². The molecular formula is C17H21BrNO4+. The van der Waals surface area contributed by atoms with E-state index in [-0.39, 0.29) is 20.1 Å². The molecular weight excluding hydrogens is 362 g/mol. The maximum absolute atomic E-state index is 12.6. The second kappa shape index (κ2) is 6.16. The molecule has 0 spiro atoms. The number of fused-ring (bicyclic) bond motifs is 5. The maximum atomic E-state index is 12.6. The first kappa shape index (κ1) is 15.6. The van der Waals surface area contributed by atoms with Crippen molar-refractivity contribution in [3.05, 3.63) is 35.9 Å². The van der Waals surface area contributed by atoms with Crippen LogP contribution in [-0.4, -0.2) is 54.9 Å². The Morgan fingerprint density at radius 2 is 2.00 bits per heavy atom. The van der Waals surface area contributed by atoms with Crippen molar-refractivity contribution < 1.29 is 19.5 Å². The standard InChI is InChI=1S/C17H20BrNO4/c1-19-13-7-11(8-14(19)16-15(13)23-16)22-17(20)12(9-21-18)10-5-3-2-4-6-10/h2-6,11-16H,7-9H2,1H3/p+1/t11-,12-,13-,14+,15-,16+/m1/s1. The summed E-state index contributed by atoms with van der Waals surface area (Å²) in [5.41, 5.74) is 0.916. The summed E-state index contributed by atoms with van der Waals surface area (Å²) in [6, 6.07) is 10.4. The Labute approximate surface area is 145 Å². The molecule has 3 fully saturated rings. The Bertz CT molecular complexity index is 571. The Hall–Kier alpha value is -0.950. The van der Waals surface area contributed by atoms with E-state index in [4.69, 9.17) is 13.3 Å². The van der Waals surface area contributed by atoms with Crippen molar-refractivity contribution in [3.8, 4) is 0 Å². The van der Waals surface area contributed by atoms with Gasteiger partial charge in [0.15, 0.2) is 0 Å². The fourth-order valence-corrected chi connectivity index (χ4v) is 4.36. The zero-order valence-corrected chi connectivity index (χ0v) is 14.5. The van der Waals surface area contributed by atoms with Gasteiger partial charge in [0.2, 0.25) is 0 Å². The summed E-state index contributed by atoms with van der Waals surface area (Å²) in [5, 5.41) is 0. The highest BCUT2D eigenvalue weighted by atomic mass is 79.9. The van der Waals surface area contributed by atoms with Crippen molar-refractivity contribution in [1.29, 1.82) is 0 Å². The third kappa shape index (κ3) is 2.82. The molecule has 6 atom stereocenters. The SMILES string of the molecule is CN1[C@@H]2C[C@@H](OC(=O)[C@H](COBr)c3ccccc3)C[C@H]1[C@@H]1O[C@@H]12.[H+]. The van der Waals surface area contributed by atoms with Crippen LogP contribution in [0.5, 0.6) is 0 Å². The summed E-state index contributed by atoms with van der Waals surface area (Å²) in [7, 11) is 2.15. The molecule has 3 aliphatic rings. The van der Waals surface area contributed by atoms with E-state index >= 15 is 0 Å². The molecule has 0 amide bonds. The van der Waals surface area contributed by atoms with Crippen LogP contribution in [0.25, 0.3) is 0 Å². The minimum atomic E-state index is -0.404. The summed E-state index contributed by atoms with van der Waals surface area (Å²) in [4.78, 5) is 15.0. The van der Waals surface area contributed by atoms with E-state index in [1.54, 1.807) is 0 Å². The highest BCUT2D eigenvalue weighted by Crippen LogP contribution is 2.48. The third-order valence-corrected chi connectivity index (χ3v) is 5.64. The quantitative estimate of drug-likeness (QED) is 0.577. The number of likely N-dealkylation sites (N-methyl/N-ethyl adjacent to an activating group) is 1. The van der Waals surface area contributed by atoms with E-state index in [2.05, 4.69) is 28.2 Å². The number of piperidine rings is 1. The van der Waals surface area contributed by atoms with E-state index in [0.717, 1.165) is 18.4 Å². The number of ether oxygens (including phenoxy) is 2. The van der Waals surface area contributed by atoms with Gasteiger partial charge in [-0.15, -0.1) is 0 Å². The first-order valence-electron chi connectivity index (χ1n) is 8.05. The second-order valence-corrected chi connectivity index (χ2v) is 7.09. The van der Waals surface area contributed by atoms with Gasteiger partial charge >= 0.3 is 7.40 Å². The van der Waals surface area contributed by atoms with Crippen molar-refractivity contribution in [2.24, 2.45) is 0 Å². The molecule has 3 aliphatic heterocycles. The predicted molar refractivity (Wildman–Crippen MR) is 88.3 cm³/mol. The van der Waals surface area contributed by atoms with Crippen molar-refractivity contribution in [2.45, 2.75) is 49.2 Å². The molecule has 2 bridgehead atoms. The second-order valence-electron chi connectivity index (χ2n) is 6.63. The van der Waals surface area contributed by atoms with Gasteiger partial charge in [-0.25, -0.2) is 0 Å². The van der Waals surface area contributed by atoms with E-state index in [9.17, 15) is 4.79 Å². The lowest BCUT2D eigenvalue weighted by Gasteiger charge is -2.38. The van der Waals surface area contributed by atoms with Gasteiger partial charge in [0.25, 0.3) is 0 Å². The molecule has 4 rings (SSSR count). The summed E-state index contributed by atoms with van der Waals surface area (Å²) in [5.74, 6) is -0.613. The van der Waals surface area contributed by atoms with Crippen LogP contribution in [0.3, 0.4) is 0 Å². The fraction of sp³-hybridized carbons (Fsp3) is 0.588. The van der Waals surface area contributed by atoms with Crippen molar-refractivity contribution in [1.82, 2.24) is 4.90 Å². The molecule has 1 aromatic rings. The topological polar surface area (TPSA) is 51.3 Å². The summed E-state index contributed by atoms with van der Waals surface area (Å²) in [6.07, 6.45) is 2.40. The lowest BCUT2D eigenvalue weighted by Crippen LogP contribution is -2.48. The van der Waals surface area contributed by atoms with Crippen molar-refractivity contribution >= 4 is 22.2 Å². The van der Waals surface area contributed by atoms with E-state index in [0.29, 0.717) is 24.3 Å². The molecule has 0 aliphatic carbocycles. The normalized spacial score (nSPS) is 36.3. The number of epoxide rings is 1. The van der Waals surface area contributed by atoms with Gasteiger partial charge in [0.1, 0.15) is 24.2 Å². The van der Waals surface area contributed by atoms with Crippen LogP contribution in [0, 0.1) is 0 Å². The number of nitrogens with zero attached hydrogens (tertiary/aromatic N) is 1. The van der Waals surface area contributed by atoms with Crippen LogP contribution in [0.2, 0.25) is 0 Å². The Morgan fingerprint density at radius 3 is 2.61 bits per heavy atom. The van der Waals surface area contributed by atoms with Gasteiger partial charge < -0.3 is 13.3 Å². The molecule has 23 heavy (non-hydrogen) atoms. The minimum Gasteiger partial charge on any atom is -0.462 e. The Balaban J connectivity index is 0.00000169. The molecule has 0 N–H and O–H groups in total. The number of hydrogen-bond acceptors (Lipinski definition) is 5. The largest absolute Gasteiger partial charge is 1.00 e. The van der Waals surface area contributed by atoms with Gasteiger partial charge in [0.05, 0.1) is 22.9 Å². The first-order chi connectivity index (χ1) is 11.2. The zero-order valence-electron chi connectivity index (χ0n) is 13.9. The van der Waals surface area contributed by atoms with Gasteiger partial charge in [-0.1, -0.05) is 30.3 Å². The summed E-state index contributed by atoms with van der Waals surface area (Å²) in [6.45, 7) is 0.261. The van der Waals surface area contributed by atoms with Crippen LogP contribution < -0.4 is 0 Å².